The molecule has 0 spiro atoms. The number of unbranched alkanes of at least 4 members (excludes halogenated alkanes) is 5. The Balaban J connectivity index is 1.68. The van der Waals surface area contributed by atoms with Gasteiger partial charge in [-0.2, -0.15) is 0 Å². The van der Waals surface area contributed by atoms with Crippen LogP contribution in [0, 0.1) is 0 Å². The van der Waals surface area contributed by atoms with Gasteiger partial charge < -0.3 is 4.74 Å². The molecule has 1 nitrogen and oxygen atoms in total. The average Bonchev–Trinajstić information content (AvgIpc) is 2.46. The Morgan fingerprint density at radius 2 is 1.84 bits per heavy atom. The minimum Gasteiger partial charge on any atom is -0.373 e. The van der Waals surface area contributed by atoms with Crippen LogP contribution in [-0.4, -0.2) is 6.61 Å². The molecule has 1 aromatic rings. The molecule has 0 bridgehead atoms. The number of ether oxygens (including phenoxy) is 1. The second kappa shape index (κ2) is 8.16. The van der Waals surface area contributed by atoms with Crippen molar-refractivity contribution in [1.29, 1.82) is 0 Å². The van der Waals surface area contributed by atoms with Crippen LogP contribution in [0.1, 0.15) is 69.1 Å². The summed E-state index contributed by atoms with van der Waals surface area (Å²) in [4.78, 5) is 0. The van der Waals surface area contributed by atoms with Gasteiger partial charge >= 0.3 is 0 Å². The summed E-state index contributed by atoms with van der Waals surface area (Å²) in [5.74, 6) is 0. The van der Waals surface area contributed by atoms with Crippen LogP contribution in [0.2, 0.25) is 0 Å². The smallest absolute Gasteiger partial charge is 0.0865 e. The number of benzene rings is 1. The van der Waals surface area contributed by atoms with Crippen LogP contribution in [0.25, 0.3) is 6.08 Å². The summed E-state index contributed by atoms with van der Waals surface area (Å²) < 4.78 is 6.06. The van der Waals surface area contributed by atoms with E-state index in [1.54, 1.807) is 0 Å². The molecule has 1 aliphatic carbocycles. The molecule has 1 aliphatic rings. The van der Waals surface area contributed by atoms with Gasteiger partial charge in [-0.1, -0.05) is 75.4 Å². The Hall–Kier alpha value is -1.08. The minimum atomic E-state index is 0.275. The Labute approximate surface area is 117 Å². The highest BCUT2D eigenvalue weighted by molar-refractivity contribution is 5.56. The van der Waals surface area contributed by atoms with Gasteiger partial charge in [-0.15, -0.1) is 0 Å². The fourth-order valence-electron chi connectivity index (χ4n) is 2.67. The molecule has 0 radical (unpaired) electrons. The standard InChI is InChI=1S/C18H26O/c1-2-3-4-5-6-9-15-19-18-14-10-12-16-11-7-8-13-17(16)18/h7-8,10-13,18H,2-6,9,14-15H2,1H3. The molecule has 1 atom stereocenters. The predicted molar refractivity (Wildman–Crippen MR) is 82.2 cm³/mol. The zero-order valence-electron chi connectivity index (χ0n) is 12.1. The van der Waals surface area contributed by atoms with Crippen molar-refractivity contribution in [3.63, 3.8) is 0 Å². The summed E-state index contributed by atoms with van der Waals surface area (Å²) in [5.41, 5.74) is 2.68. The van der Waals surface area contributed by atoms with Crippen LogP contribution in [0.15, 0.2) is 30.3 Å². The van der Waals surface area contributed by atoms with E-state index in [2.05, 4.69) is 43.3 Å². The minimum absolute atomic E-state index is 0.275. The predicted octanol–water partition coefficient (Wildman–Crippen LogP) is 5.52. The van der Waals surface area contributed by atoms with Crippen molar-refractivity contribution in [2.75, 3.05) is 6.61 Å². The van der Waals surface area contributed by atoms with Crippen LogP contribution in [0.4, 0.5) is 0 Å². The Morgan fingerprint density at radius 3 is 2.74 bits per heavy atom. The highest BCUT2D eigenvalue weighted by atomic mass is 16.5. The van der Waals surface area contributed by atoms with E-state index in [0.29, 0.717) is 0 Å². The first-order valence-corrected chi connectivity index (χ1v) is 7.79. The largest absolute Gasteiger partial charge is 0.373 e. The first-order chi connectivity index (χ1) is 9.42. The molecule has 0 saturated heterocycles. The first kappa shape index (κ1) is 14.3. The van der Waals surface area contributed by atoms with E-state index in [-0.39, 0.29) is 6.10 Å². The van der Waals surface area contributed by atoms with E-state index in [1.807, 2.05) is 0 Å². The van der Waals surface area contributed by atoms with Gasteiger partial charge in [0.05, 0.1) is 6.10 Å². The van der Waals surface area contributed by atoms with Gasteiger partial charge in [0.25, 0.3) is 0 Å². The summed E-state index contributed by atoms with van der Waals surface area (Å²) in [6.07, 6.45) is 13.7. The summed E-state index contributed by atoms with van der Waals surface area (Å²) in [6.45, 7) is 3.16. The van der Waals surface area contributed by atoms with Crippen molar-refractivity contribution >= 4 is 6.08 Å². The topological polar surface area (TPSA) is 9.23 Å². The molecule has 0 fully saturated rings. The normalized spacial score (nSPS) is 17.4. The van der Waals surface area contributed by atoms with Gasteiger partial charge in [0.2, 0.25) is 0 Å². The van der Waals surface area contributed by atoms with E-state index in [9.17, 15) is 0 Å². The van der Waals surface area contributed by atoms with Crippen molar-refractivity contribution < 1.29 is 4.74 Å². The molecular formula is C18H26O. The third-order valence-corrected chi connectivity index (χ3v) is 3.81. The van der Waals surface area contributed by atoms with Gasteiger partial charge in [-0.25, -0.2) is 0 Å². The summed E-state index contributed by atoms with van der Waals surface area (Å²) >= 11 is 0. The molecular weight excluding hydrogens is 232 g/mol. The van der Waals surface area contributed by atoms with Crippen molar-refractivity contribution in [2.24, 2.45) is 0 Å². The molecule has 0 heterocycles. The van der Waals surface area contributed by atoms with Crippen LogP contribution in [0.5, 0.6) is 0 Å². The Bertz CT molecular complexity index is 394. The molecule has 0 aromatic heterocycles. The lowest BCUT2D eigenvalue weighted by molar-refractivity contribution is 0.0510. The highest BCUT2D eigenvalue weighted by Gasteiger charge is 2.16. The highest BCUT2D eigenvalue weighted by Crippen LogP contribution is 2.30. The number of hydrogen-bond acceptors (Lipinski definition) is 1. The van der Waals surface area contributed by atoms with Crippen molar-refractivity contribution in [3.05, 3.63) is 41.5 Å². The molecule has 0 aliphatic heterocycles. The van der Waals surface area contributed by atoms with Gasteiger partial charge in [0.1, 0.15) is 0 Å². The lowest BCUT2D eigenvalue weighted by Gasteiger charge is -2.22. The van der Waals surface area contributed by atoms with Gasteiger partial charge in [-0.3, -0.25) is 0 Å². The molecule has 1 unspecified atom stereocenters. The molecule has 104 valence electrons. The second-order valence-electron chi connectivity index (χ2n) is 5.39. The van der Waals surface area contributed by atoms with Gasteiger partial charge in [-0.05, 0) is 24.0 Å². The third kappa shape index (κ3) is 4.50. The SMILES string of the molecule is CCCCCCCCOC1CC=Cc2ccccc21. The van der Waals surface area contributed by atoms with Crippen molar-refractivity contribution in [2.45, 2.75) is 58.0 Å². The molecule has 0 saturated carbocycles. The number of hydrogen-bond donors (Lipinski definition) is 0. The van der Waals surface area contributed by atoms with Crippen LogP contribution < -0.4 is 0 Å². The molecule has 2 rings (SSSR count). The molecule has 1 heteroatoms. The van der Waals surface area contributed by atoms with E-state index in [0.717, 1.165) is 13.0 Å². The summed E-state index contributed by atoms with van der Waals surface area (Å²) in [7, 11) is 0. The van der Waals surface area contributed by atoms with Crippen LogP contribution >= 0.6 is 0 Å². The number of fused-ring (bicyclic) bond motifs is 1. The zero-order chi connectivity index (χ0) is 13.3. The third-order valence-electron chi connectivity index (χ3n) is 3.81. The monoisotopic (exact) mass is 258 g/mol. The maximum absolute atomic E-state index is 6.06. The summed E-state index contributed by atoms with van der Waals surface area (Å²) in [5, 5.41) is 0. The van der Waals surface area contributed by atoms with E-state index in [4.69, 9.17) is 4.74 Å². The molecule has 0 N–H and O–H groups in total. The van der Waals surface area contributed by atoms with Crippen LogP contribution in [0.3, 0.4) is 0 Å². The van der Waals surface area contributed by atoms with E-state index >= 15 is 0 Å². The Morgan fingerprint density at radius 1 is 1.05 bits per heavy atom. The fourth-order valence-corrected chi connectivity index (χ4v) is 2.67. The zero-order valence-corrected chi connectivity index (χ0v) is 12.1. The summed E-state index contributed by atoms with van der Waals surface area (Å²) in [6, 6.07) is 8.58. The molecule has 1 aromatic carbocycles. The van der Waals surface area contributed by atoms with E-state index in [1.165, 1.54) is 49.7 Å². The molecule has 19 heavy (non-hydrogen) atoms. The maximum Gasteiger partial charge on any atom is 0.0865 e. The second-order valence-corrected chi connectivity index (χ2v) is 5.39. The number of rotatable bonds is 8. The Kier molecular flexibility index (Phi) is 6.16. The maximum atomic E-state index is 6.06. The van der Waals surface area contributed by atoms with Gasteiger partial charge in [0, 0.05) is 6.61 Å². The van der Waals surface area contributed by atoms with E-state index < -0.39 is 0 Å². The molecule has 0 amide bonds. The first-order valence-electron chi connectivity index (χ1n) is 7.79. The average molecular weight is 258 g/mol. The van der Waals surface area contributed by atoms with Crippen molar-refractivity contribution in [3.8, 4) is 0 Å². The van der Waals surface area contributed by atoms with Crippen LogP contribution in [-0.2, 0) is 4.74 Å². The lowest BCUT2D eigenvalue weighted by Crippen LogP contribution is -2.09. The lowest BCUT2D eigenvalue weighted by atomic mass is 9.95. The quantitative estimate of drug-likeness (QED) is 0.558. The van der Waals surface area contributed by atoms with Crippen molar-refractivity contribution in [1.82, 2.24) is 0 Å². The fraction of sp³-hybridized carbons (Fsp3) is 0.556. The van der Waals surface area contributed by atoms with Gasteiger partial charge in [0.15, 0.2) is 0 Å².